The van der Waals surface area contributed by atoms with Crippen LogP contribution in [0.25, 0.3) is 22.0 Å². The van der Waals surface area contributed by atoms with Crippen LogP contribution < -0.4 is 5.56 Å². The van der Waals surface area contributed by atoms with Crippen LogP contribution in [0, 0.1) is 12.7 Å². The number of carboxylic acids is 1. The lowest BCUT2D eigenvalue weighted by molar-refractivity contribution is 0.0687. The number of H-pyrrole nitrogens is 1. The molecule has 0 saturated heterocycles. The summed E-state index contributed by atoms with van der Waals surface area (Å²) in [6.45, 7) is 1.94. The second-order valence-electron chi connectivity index (χ2n) is 6.64. The number of halogens is 1. The van der Waals surface area contributed by atoms with Gasteiger partial charge in [-0.3, -0.25) is 4.79 Å². The number of hydrogen-bond donors (Lipinski definition) is 2. The Morgan fingerprint density at radius 1 is 1.14 bits per heavy atom. The SMILES string of the molecule is Cc1ccc2c(c1)c(-c1ccc[nH]c1=O)c(C(=O)O)n2Cc1ccccc1F. The molecule has 0 amide bonds. The Balaban J connectivity index is 2.09. The lowest BCUT2D eigenvalue weighted by Crippen LogP contribution is -2.14. The molecule has 0 aliphatic rings. The zero-order chi connectivity index (χ0) is 19.8. The van der Waals surface area contributed by atoms with E-state index in [0.29, 0.717) is 22.0 Å². The summed E-state index contributed by atoms with van der Waals surface area (Å²) in [5, 5.41) is 10.6. The van der Waals surface area contributed by atoms with E-state index in [4.69, 9.17) is 0 Å². The maximum atomic E-state index is 14.3. The molecule has 0 atom stereocenters. The van der Waals surface area contributed by atoms with Crippen molar-refractivity contribution in [2.45, 2.75) is 13.5 Å². The summed E-state index contributed by atoms with van der Waals surface area (Å²) >= 11 is 0. The van der Waals surface area contributed by atoms with E-state index < -0.39 is 11.8 Å². The van der Waals surface area contributed by atoms with Crippen LogP contribution in [0.5, 0.6) is 0 Å². The van der Waals surface area contributed by atoms with Crippen LogP contribution in [0.3, 0.4) is 0 Å². The van der Waals surface area contributed by atoms with Crippen LogP contribution in [-0.2, 0) is 6.54 Å². The monoisotopic (exact) mass is 376 g/mol. The number of rotatable bonds is 4. The Kier molecular flexibility index (Phi) is 4.31. The highest BCUT2D eigenvalue weighted by molar-refractivity contribution is 6.08. The fraction of sp³-hybridized carbons (Fsp3) is 0.0909. The largest absolute Gasteiger partial charge is 0.477 e. The summed E-state index contributed by atoms with van der Waals surface area (Å²) in [7, 11) is 0. The molecule has 0 saturated carbocycles. The van der Waals surface area contributed by atoms with E-state index in [1.807, 2.05) is 19.1 Å². The van der Waals surface area contributed by atoms with Crippen LogP contribution in [0.15, 0.2) is 65.6 Å². The van der Waals surface area contributed by atoms with Crippen molar-refractivity contribution in [2.75, 3.05) is 0 Å². The molecule has 2 aromatic carbocycles. The number of aromatic amines is 1. The fourth-order valence-corrected chi connectivity index (χ4v) is 3.54. The molecule has 28 heavy (non-hydrogen) atoms. The third kappa shape index (κ3) is 2.89. The summed E-state index contributed by atoms with van der Waals surface area (Å²) in [5.74, 6) is -1.59. The maximum Gasteiger partial charge on any atom is 0.353 e. The van der Waals surface area contributed by atoms with Crippen molar-refractivity contribution in [3.8, 4) is 11.1 Å². The molecule has 140 valence electrons. The topological polar surface area (TPSA) is 75.1 Å². The van der Waals surface area contributed by atoms with E-state index in [1.165, 1.54) is 12.3 Å². The van der Waals surface area contributed by atoms with Crippen LogP contribution >= 0.6 is 0 Å². The lowest BCUT2D eigenvalue weighted by atomic mass is 10.0. The summed E-state index contributed by atoms with van der Waals surface area (Å²) < 4.78 is 15.8. The normalized spacial score (nSPS) is 11.1. The lowest BCUT2D eigenvalue weighted by Gasteiger charge is -2.10. The van der Waals surface area contributed by atoms with Gasteiger partial charge in [0.25, 0.3) is 5.56 Å². The highest BCUT2D eigenvalue weighted by atomic mass is 19.1. The summed E-state index contributed by atoms with van der Waals surface area (Å²) in [4.78, 5) is 27.3. The van der Waals surface area contributed by atoms with Gasteiger partial charge in [0.1, 0.15) is 11.5 Å². The van der Waals surface area contributed by atoms with E-state index in [1.54, 1.807) is 41.0 Å². The van der Waals surface area contributed by atoms with Gasteiger partial charge in [-0.05, 0) is 37.3 Å². The van der Waals surface area contributed by atoms with E-state index in [9.17, 15) is 19.1 Å². The minimum Gasteiger partial charge on any atom is -0.477 e. The van der Waals surface area contributed by atoms with Gasteiger partial charge in [-0.1, -0.05) is 29.8 Å². The van der Waals surface area contributed by atoms with Crippen molar-refractivity contribution in [2.24, 2.45) is 0 Å². The van der Waals surface area contributed by atoms with E-state index >= 15 is 0 Å². The van der Waals surface area contributed by atoms with Crippen molar-refractivity contribution in [1.82, 2.24) is 9.55 Å². The van der Waals surface area contributed by atoms with Gasteiger partial charge >= 0.3 is 5.97 Å². The molecule has 0 fully saturated rings. The first kappa shape index (κ1) is 17.7. The minimum atomic E-state index is -1.18. The number of carbonyl (C=O) groups is 1. The highest BCUT2D eigenvalue weighted by Gasteiger charge is 2.25. The Hall–Kier alpha value is -3.67. The number of nitrogens with one attached hydrogen (secondary N) is 1. The molecule has 0 spiro atoms. The second-order valence-corrected chi connectivity index (χ2v) is 6.64. The van der Waals surface area contributed by atoms with Crippen LogP contribution in [0.1, 0.15) is 21.6 Å². The smallest absolute Gasteiger partial charge is 0.353 e. The molecule has 0 aliphatic carbocycles. The average Bonchev–Trinajstić information content (AvgIpc) is 2.97. The Morgan fingerprint density at radius 3 is 2.64 bits per heavy atom. The number of pyridine rings is 1. The van der Waals surface area contributed by atoms with Crippen molar-refractivity contribution < 1.29 is 14.3 Å². The van der Waals surface area contributed by atoms with Gasteiger partial charge in [-0.15, -0.1) is 0 Å². The summed E-state index contributed by atoms with van der Waals surface area (Å²) in [6, 6.07) is 15.0. The van der Waals surface area contributed by atoms with Crippen LogP contribution in [-0.4, -0.2) is 20.6 Å². The van der Waals surface area contributed by atoms with E-state index in [2.05, 4.69) is 4.98 Å². The van der Waals surface area contributed by atoms with Crippen molar-refractivity contribution >= 4 is 16.9 Å². The van der Waals surface area contributed by atoms with Gasteiger partial charge in [-0.2, -0.15) is 0 Å². The van der Waals surface area contributed by atoms with Gasteiger partial charge < -0.3 is 14.7 Å². The molecule has 5 nitrogen and oxygen atoms in total. The van der Waals surface area contributed by atoms with Gasteiger partial charge in [0.15, 0.2) is 0 Å². The Morgan fingerprint density at radius 2 is 1.93 bits per heavy atom. The molecule has 0 unspecified atom stereocenters. The number of hydrogen-bond acceptors (Lipinski definition) is 2. The van der Waals surface area contributed by atoms with E-state index in [0.717, 1.165) is 5.56 Å². The number of aryl methyl sites for hydroxylation is 1. The summed E-state index contributed by atoms with van der Waals surface area (Å²) in [5.41, 5.74) is 2.12. The molecule has 0 aliphatic heterocycles. The van der Waals surface area contributed by atoms with Crippen LogP contribution in [0.4, 0.5) is 4.39 Å². The fourth-order valence-electron chi connectivity index (χ4n) is 3.54. The molecule has 2 aromatic heterocycles. The molecular weight excluding hydrogens is 359 g/mol. The number of aromatic nitrogens is 2. The molecule has 2 N–H and O–H groups in total. The van der Waals surface area contributed by atoms with Gasteiger partial charge in [0, 0.05) is 33.8 Å². The first-order valence-electron chi connectivity index (χ1n) is 8.75. The van der Waals surface area contributed by atoms with Crippen molar-refractivity contribution in [1.29, 1.82) is 0 Å². The Bertz CT molecular complexity index is 1270. The number of fused-ring (bicyclic) bond motifs is 1. The van der Waals surface area contributed by atoms with Gasteiger partial charge in [0.05, 0.1) is 6.54 Å². The molecule has 4 aromatic rings. The number of benzene rings is 2. The zero-order valence-corrected chi connectivity index (χ0v) is 15.1. The molecule has 2 heterocycles. The number of nitrogens with zero attached hydrogens (tertiary/aromatic N) is 1. The zero-order valence-electron chi connectivity index (χ0n) is 15.1. The molecule has 6 heteroatoms. The maximum absolute atomic E-state index is 14.3. The van der Waals surface area contributed by atoms with Crippen LogP contribution in [0.2, 0.25) is 0 Å². The first-order chi connectivity index (χ1) is 13.5. The van der Waals surface area contributed by atoms with Gasteiger partial charge in [0.2, 0.25) is 0 Å². The third-order valence-corrected chi connectivity index (χ3v) is 4.80. The van der Waals surface area contributed by atoms with Gasteiger partial charge in [-0.25, -0.2) is 9.18 Å². The molecule has 0 bridgehead atoms. The summed E-state index contributed by atoms with van der Waals surface area (Å²) in [6.07, 6.45) is 1.50. The van der Waals surface area contributed by atoms with Crippen molar-refractivity contribution in [3.05, 3.63) is 93.8 Å². The molecular formula is C22H17FN2O3. The van der Waals surface area contributed by atoms with Crippen molar-refractivity contribution in [3.63, 3.8) is 0 Å². The molecule has 0 radical (unpaired) electrons. The second kappa shape index (κ2) is 6.81. The molecule has 4 rings (SSSR count). The third-order valence-electron chi connectivity index (χ3n) is 4.80. The minimum absolute atomic E-state index is 0.0403. The predicted octanol–water partition coefficient (Wildman–Crippen LogP) is 4.19. The van der Waals surface area contributed by atoms with E-state index in [-0.39, 0.29) is 23.4 Å². The standard InChI is InChI=1S/C22H17FN2O3/c1-13-8-9-18-16(11-13)19(15-6-4-10-24-21(15)26)20(22(27)28)25(18)12-14-5-2-3-7-17(14)23/h2-11H,12H2,1H3,(H,24,26)(H,27,28). The Labute approximate surface area is 159 Å². The number of aromatic carboxylic acids is 1. The average molecular weight is 376 g/mol. The highest BCUT2D eigenvalue weighted by Crippen LogP contribution is 2.35. The quantitative estimate of drug-likeness (QED) is 0.561. The number of carboxylic acid groups (broad SMARTS) is 1. The predicted molar refractivity (Wildman–Crippen MR) is 105 cm³/mol. The first-order valence-corrected chi connectivity index (χ1v) is 8.75.